The van der Waals surface area contributed by atoms with E-state index >= 15 is 0 Å². The smallest absolute Gasteiger partial charge is 0.0906 e. The highest BCUT2D eigenvalue weighted by molar-refractivity contribution is 5.85. The van der Waals surface area contributed by atoms with Crippen LogP contribution in [0, 0.1) is 5.92 Å². The van der Waals surface area contributed by atoms with Gasteiger partial charge < -0.3 is 15.4 Å². The molecule has 6 heteroatoms. The first-order valence-corrected chi connectivity index (χ1v) is 13.8. The van der Waals surface area contributed by atoms with Gasteiger partial charge in [-0.2, -0.15) is 0 Å². The van der Waals surface area contributed by atoms with Gasteiger partial charge in [0.15, 0.2) is 0 Å². The molecule has 1 aromatic heterocycles. The lowest BCUT2D eigenvalue weighted by molar-refractivity contribution is -0.174. The minimum absolute atomic E-state index is 0.0252. The first-order chi connectivity index (χ1) is 17.5. The maximum absolute atomic E-state index is 12.6. The Morgan fingerprint density at radius 1 is 1.08 bits per heavy atom. The highest BCUT2D eigenvalue weighted by Crippen LogP contribution is 2.64. The summed E-state index contributed by atoms with van der Waals surface area (Å²) in [4.78, 5) is 8.83. The third-order valence-electron chi connectivity index (χ3n) is 9.48. The molecule has 5 aliphatic rings. The number of likely N-dealkylation sites (tertiary alicyclic amines) is 1. The van der Waals surface area contributed by atoms with Gasteiger partial charge in [0.05, 0.1) is 24.9 Å². The van der Waals surface area contributed by atoms with E-state index in [1.54, 1.807) is 0 Å². The second-order valence-corrected chi connectivity index (χ2v) is 11.9. The number of H-pyrrole nitrogens is 1. The van der Waals surface area contributed by atoms with Crippen LogP contribution in [0.2, 0.25) is 0 Å². The summed E-state index contributed by atoms with van der Waals surface area (Å²) in [6, 6.07) is 18.4. The van der Waals surface area contributed by atoms with E-state index in [-0.39, 0.29) is 18.8 Å². The Bertz CT molecular complexity index is 1240. The van der Waals surface area contributed by atoms with Crippen molar-refractivity contribution in [3.8, 4) is 0 Å². The molecule has 0 unspecified atom stereocenters. The van der Waals surface area contributed by atoms with Crippen LogP contribution in [0.15, 0.2) is 48.5 Å². The van der Waals surface area contributed by atoms with E-state index in [1.165, 1.54) is 47.0 Å². The normalized spacial score (nSPS) is 33.8. The number of β-amino-alcohol motifs (C(OH)–C–C–N with tert-alkyl or cyclic N) is 1. The quantitative estimate of drug-likeness (QED) is 0.444. The van der Waals surface area contributed by atoms with Crippen molar-refractivity contribution in [1.29, 1.82) is 0 Å². The zero-order chi connectivity index (χ0) is 24.4. The summed E-state index contributed by atoms with van der Waals surface area (Å²) in [6.45, 7) is 4.18. The number of aromatic nitrogens is 1. The zero-order valence-corrected chi connectivity index (χ0v) is 21.1. The Balaban J connectivity index is 1.18. The standard InChI is InChI=1S/C30H37FN4O/c1-19-13-24-23-5-2-3-6-25(23)33-28(24)29(35(19)30-14-20(15-30)16-30)21-7-9-22(10-8-21)32-26-17-34(12-4-11-31)18-27(26)36/h2-3,5-10,19-20,26-27,29,32-33,36H,4,11-18H2,1H3/t19-,20?,26-,27-,29-,30?/m1/s1. The van der Waals surface area contributed by atoms with Gasteiger partial charge >= 0.3 is 0 Å². The first kappa shape index (κ1) is 22.8. The summed E-state index contributed by atoms with van der Waals surface area (Å²) in [5.41, 5.74) is 6.83. The fourth-order valence-corrected chi connectivity index (χ4v) is 7.73. The van der Waals surface area contributed by atoms with Crippen LogP contribution in [-0.4, -0.2) is 69.9 Å². The Hall–Kier alpha value is -2.41. The molecule has 36 heavy (non-hydrogen) atoms. The molecule has 0 radical (unpaired) electrons. The first-order valence-electron chi connectivity index (χ1n) is 13.8. The number of hydrogen-bond acceptors (Lipinski definition) is 4. The van der Waals surface area contributed by atoms with Crippen molar-refractivity contribution in [2.75, 3.05) is 31.6 Å². The molecule has 4 atom stereocenters. The van der Waals surface area contributed by atoms with Crippen LogP contribution in [0.3, 0.4) is 0 Å². The van der Waals surface area contributed by atoms with Crippen LogP contribution in [0.1, 0.15) is 55.5 Å². The van der Waals surface area contributed by atoms with Gasteiger partial charge in [-0.1, -0.05) is 30.3 Å². The summed E-state index contributed by atoms with van der Waals surface area (Å²) in [7, 11) is 0. The Morgan fingerprint density at radius 3 is 2.58 bits per heavy atom. The summed E-state index contributed by atoms with van der Waals surface area (Å²) < 4.78 is 12.6. The number of hydrogen-bond donors (Lipinski definition) is 3. The van der Waals surface area contributed by atoms with Crippen molar-refractivity contribution in [3.63, 3.8) is 0 Å². The number of nitrogens with zero attached hydrogens (tertiary/aromatic N) is 2. The predicted molar refractivity (Wildman–Crippen MR) is 142 cm³/mol. The average molecular weight is 489 g/mol. The van der Waals surface area contributed by atoms with Gasteiger partial charge in [0.2, 0.25) is 0 Å². The monoisotopic (exact) mass is 488 g/mol. The van der Waals surface area contributed by atoms with Gasteiger partial charge in [-0.15, -0.1) is 0 Å². The second-order valence-electron chi connectivity index (χ2n) is 11.9. The van der Waals surface area contributed by atoms with Crippen LogP contribution in [-0.2, 0) is 6.42 Å². The van der Waals surface area contributed by atoms with Crippen LogP contribution in [0.4, 0.5) is 10.1 Å². The molecule has 0 amide bonds. The lowest BCUT2D eigenvalue weighted by Gasteiger charge is -2.70. The molecule has 2 bridgehead atoms. The molecule has 2 aromatic carbocycles. The summed E-state index contributed by atoms with van der Waals surface area (Å²) in [5.74, 6) is 0.941. The molecule has 2 aliphatic heterocycles. The Kier molecular flexibility index (Phi) is 5.42. The number of benzene rings is 2. The Morgan fingerprint density at radius 2 is 1.86 bits per heavy atom. The minimum Gasteiger partial charge on any atom is -0.390 e. The topological polar surface area (TPSA) is 54.5 Å². The molecule has 3 aliphatic carbocycles. The number of rotatable bonds is 7. The van der Waals surface area contributed by atoms with E-state index in [9.17, 15) is 9.50 Å². The number of nitrogens with one attached hydrogen (secondary N) is 2. The molecule has 3 saturated carbocycles. The second kappa shape index (κ2) is 8.57. The largest absolute Gasteiger partial charge is 0.390 e. The molecule has 3 aromatic rings. The average Bonchev–Trinajstić information content (AvgIpc) is 3.36. The van der Waals surface area contributed by atoms with Gasteiger partial charge in [-0.3, -0.25) is 14.2 Å². The van der Waals surface area contributed by atoms with Gasteiger partial charge in [0.25, 0.3) is 0 Å². The van der Waals surface area contributed by atoms with Crippen LogP contribution < -0.4 is 5.32 Å². The van der Waals surface area contributed by atoms with E-state index in [0.717, 1.165) is 24.6 Å². The Labute approximate surface area is 212 Å². The molecule has 3 N–H and O–H groups in total. The summed E-state index contributed by atoms with van der Waals surface area (Å²) in [6.07, 6.45) is 5.24. The SMILES string of the molecule is C[C@@H]1Cc2c([nH]c3ccccc23)[C@@H](c2ccc(N[C@@H]3CN(CCCF)C[C@H]3O)cc2)N1C12CC(C1)C2. The molecule has 5 nitrogen and oxygen atoms in total. The highest BCUT2D eigenvalue weighted by atomic mass is 19.1. The predicted octanol–water partition coefficient (Wildman–Crippen LogP) is 4.87. The van der Waals surface area contributed by atoms with Crippen molar-refractivity contribution in [2.45, 2.75) is 68.8 Å². The van der Waals surface area contributed by atoms with Crippen molar-refractivity contribution in [3.05, 3.63) is 65.4 Å². The number of halogens is 1. The van der Waals surface area contributed by atoms with Gasteiger partial charge in [-0.05, 0) is 74.3 Å². The molecule has 1 saturated heterocycles. The van der Waals surface area contributed by atoms with Crippen molar-refractivity contribution in [2.24, 2.45) is 5.92 Å². The van der Waals surface area contributed by atoms with Gasteiger partial charge in [-0.25, -0.2) is 0 Å². The lowest BCUT2D eigenvalue weighted by Crippen LogP contribution is -2.71. The summed E-state index contributed by atoms with van der Waals surface area (Å²) in [5, 5.41) is 15.4. The molecule has 0 spiro atoms. The van der Waals surface area contributed by atoms with E-state index in [4.69, 9.17) is 0 Å². The number of alkyl halides is 1. The molecule has 190 valence electrons. The lowest BCUT2D eigenvalue weighted by atomic mass is 9.48. The van der Waals surface area contributed by atoms with E-state index < -0.39 is 6.10 Å². The van der Waals surface area contributed by atoms with Gasteiger partial charge in [0.1, 0.15) is 0 Å². The van der Waals surface area contributed by atoms with Crippen molar-refractivity contribution in [1.82, 2.24) is 14.8 Å². The molecular formula is C30H37FN4O. The molecule has 8 rings (SSSR count). The van der Waals surface area contributed by atoms with Crippen LogP contribution >= 0.6 is 0 Å². The summed E-state index contributed by atoms with van der Waals surface area (Å²) >= 11 is 0. The third kappa shape index (κ3) is 3.52. The molecule has 3 heterocycles. The fraction of sp³-hybridized carbons (Fsp3) is 0.533. The van der Waals surface area contributed by atoms with E-state index in [0.29, 0.717) is 31.1 Å². The number of para-hydroxylation sites is 1. The third-order valence-corrected chi connectivity index (χ3v) is 9.48. The number of anilines is 1. The van der Waals surface area contributed by atoms with E-state index in [2.05, 4.69) is 75.6 Å². The molecular weight excluding hydrogens is 451 g/mol. The minimum atomic E-state index is -0.433. The fourth-order valence-electron chi connectivity index (χ4n) is 7.73. The van der Waals surface area contributed by atoms with Crippen LogP contribution in [0.5, 0.6) is 0 Å². The number of aliphatic hydroxyl groups is 1. The van der Waals surface area contributed by atoms with Crippen LogP contribution in [0.25, 0.3) is 10.9 Å². The maximum atomic E-state index is 12.6. The highest BCUT2D eigenvalue weighted by Gasteiger charge is 2.63. The van der Waals surface area contributed by atoms with Gasteiger partial charge in [0, 0.05) is 53.5 Å². The van der Waals surface area contributed by atoms with Crippen molar-refractivity contribution >= 4 is 16.6 Å². The number of aliphatic hydroxyl groups excluding tert-OH is 1. The van der Waals surface area contributed by atoms with Crippen molar-refractivity contribution < 1.29 is 9.50 Å². The van der Waals surface area contributed by atoms with E-state index in [1.807, 2.05) is 0 Å². The maximum Gasteiger partial charge on any atom is 0.0906 e. The number of fused-ring (bicyclic) bond motifs is 3. The molecule has 4 fully saturated rings. The zero-order valence-electron chi connectivity index (χ0n) is 21.1. The number of aromatic amines is 1.